The number of nitrogens with one attached hydrogen (secondary N) is 2. The lowest BCUT2D eigenvalue weighted by molar-refractivity contribution is -0.120. The first kappa shape index (κ1) is 24.8. The topological polar surface area (TPSA) is 115 Å². The molecule has 1 aliphatic heterocycles. The Bertz CT molecular complexity index is 1640. The van der Waals surface area contributed by atoms with Crippen LogP contribution < -0.4 is 20.2 Å². The maximum Gasteiger partial charge on any atom is 0.291 e. The fraction of sp³-hybridized carbons (Fsp3) is 0.300. The average Bonchev–Trinajstić information content (AvgIpc) is 3.51. The van der Waals surface area contributed by atoms with Gasteiger partial charge in [0.05, 0.1) is 18.4 Å². The second-order valence-electron chi connectivity index (χ2n) is 9.94. The predicted octanol–water partition coefficient (Wildman–Crippen LogP) is 5.37. The number of hydrazone groups is 1. The van der Waals surface area contributed by atoms with Crippen molar-refractivity contribution in [3.8, 4) is 11.5 Å². The average molecular weight is 528 g/mol. The first-order valence-corrected chi connectivity index (χ1v) is 13.0. The number of ether oxygens (including phenoxy) is 2. The fourth-order valence-corrected chi connectivity index (χ4v) is 5.17. The normalized spacial score (nSPS) is 15.3. The van der Waals surface area contributed by atoms with Gasteiger partial charge in [-0.25, -0.2) is 5.43 Å². The minimum atomic E-state index is -0.362. The van der Waals surface area contributed by atoms with Crippen LogP contribution in [0.25, 0.3) is 11.0 Å². The SMILES string of the molecule is Cc1ccc2c(CC(=O)N/N=C3\CCCc4oc(C(=O)Nc5ccc6c(c5)OCCO6)c(C)c43)coc2c1C. The minimum absolute atomic E-state index is 0.146. The van der Waals surface area contributed by atoms with E-state index in [1.807, 2.05) is 32.9 Å². The Hall–Kier alpha value is -4.53. The molecule has 3 heterocycles. The van der Waals surface area contributed by atoms with Crippen LogP contribution in [0.15, 0.2) is 50.5 Å². The molecule has 1 aliphatic carbocycles. The summed E-state index contributed by atoms with van der Waals surface area (Å²) in [7, 11) is 0. The molecule has 4 aromatic rings. The summed E-state index contributed by atoms with van der Waals surface area (Å²) in [5, 5.41) is 8.26. The Balaban J connectivity index is 1.18. The second-order valence-corrected chi connectivity index (χ2v) is 9.94. The van der Waals surface area contributed by atoms with E-state index >= 15 is 0 Å². The molecule has 2 aliphatic rings. The highest BCUT2D eigenvalue weighted by atomic mass is 16.6. The van der Waals surface area contributed by atoms with Crippen LogP contribution in [0.3, 0.4) is 0 Å². The number of carbonyl (C=O) groups is 2. The van der Waals surface area contributed by atoms with Crippen LogP contribution in [-0.2, 0) is 17.6 Å². The third-order valence-electron chi connectivity index (χ3n) is 7.34. The Labute approximate surface area is 225 Å². The smallest absolute Gasteiger partial charge is 0.291 e. The summed E-state index contributed by atoms with van der Waals surface area (Å²) in [5.74, 6) is 1.57. The van der Waals surface area contributed by atoms with E-state index in [1.165, 1.54) is 0 Å². The second kappa shape index (κ2) is 9.98. The summed E-state index contributed by atoms with van der Waals surface area (Å²) < 4.78 is 22.9. The molecule has 6 rings (SSSR count). The van der Waals surface area contributed by atoms with Crippen LogP contribution in [0.1, 0.15) is 57.0 Å². The van der Waals surface area contributed by atoms with E-state index in [9.17, 15) is 9.59 Å². The summed E-state index contributed by atoms with van der Waals surface area (Å²) in [6.07, 6.45) is 3.95. The Kier molecular flexibility index (Phi) is 6.34. The van der Waals surface area contributed by atoms with Crippen molar-refractivity contribution in [2.75, 3.05) is 18.5 Å². The molecule has 0 saturated heterocycles. The first-order chi connectivity index (χ1) is 18.9. The molecular formula is C30H29N3O6. The van der Waals surface area contributed by atoms with Crippen molar-refractivity contribution in [3.63, 3.8) is 0 Å². The molecule has 200 valence electrons. The zero-order chi connectivity index (χ0) is 27.1. The third-order valence-corrected chi connectivity index (χ3v) is 7.34. The highest BCUT2D eigenvalue weighted by Crippen LogP contribution is 2.34. The van der Waals surface area contributed by atoms with Gasteiger partial charge in [0, 0.05) is 40.3 Å². The summed E-state index contributed by atoms with van der Waals surface area (Å²) in [4.78, 5) is 25.9. The van der Waals surface area contributed by atoms with E-state index in [4.69, 9.17) is 18.3 Å². The number of carbonyl (C=O) groups excluding carboxylic acids is 2. The number of furan rings is 2. The maximum absolute atomic E-state index is 13.1. The molecule has 0 bridgehead atoms. The number of benzene rings is 2. The van der Waals surface area contributed by atoms with Gasteiger partial charge in [0.2, 0.25) is 5.91 Å². The number of amides is 2. The number of aryl methyl sites for hydroxylation is 3. The molecule has 0 fully saturated rings. The van der Waals surface area contributed by atoms with E-state index in [0.717, 1.165) is 39.6 Å². The molecule has 2 aromatic carbocycles. The molecule has 0 radical (unpaired) electrons. The summed E-state index contributed by atoms with van der Waals surface area (Å²) in [6.45, 7) is 6.84. The van der Waals surface area contributed by atoms with Gasteiger partial charge in [-0.15, -0.1) is 0 Å². The molecule has 0 atom stereocenters. The van der Waals surface area contributed by atoms with Crippen molar-refractivity contribution in [1.29, 1.82) is 0 Å². The number of rotatable bonds is 5. The Morgan fingerprint density at radius 3 is 2.64 bits per heavy atom. The quantitative estimate of drug-likeness (QED) is 0.337. The fourth-order valence-electron chi connectivity index (χ4n) is 5.17. The molecule has 2 aromatic heterocycles. The monoisotopic (exact) mass is 527 g/mol. The van der Waals surface area contributed by atoms with Crippen molar-refractivity contribution in [2.24, 2.45) is 5.10 Å². The van der Waals surface area contributed by atoms with Crippen molar-refractivity contribution < 1.29 is 27.9 Å². The van der Waals surface area contributed by atoms with E-state index in [-0.39, 0.29) is 24.0 Å². The Morgan fingerprint density at radius 2 is 1.79 bits per heavy atom. The molecule has 9 heteroatoms. The van der Waals surface area contributed by atoms with E-state index in [0.29, 0.717) is 60.3 Å². The summed E-state index contributed by atoms with van der Waals surface area (Å²) >= 11 is 0. The largest absolute Gasteiger partial charge is 0.486 e. The lowest BCUT2D eigenvalue weighted by Crippen LogP contribution is -2.23. The van der Waals surface area contributed by atoms with Crippen LogP contribution in [-0.4, -0.2) is 30.7 Å². The van der Waals surface area contributed by atoms with Crippen LogP contribution in [0.5, 0.6) is 11.5 Å². The lowest BCUT2D eigenvalue weighted by atomic mass is 9.93. The molecule has 2 N–H and O–H groups in total. The standard InChI is InChI=1S/C30H29N3O6/c1-16-7-9-21-19(15-38-28(21)17(16)2)13-26(34)33-32-22-5-4-6-24-27(22)18(3)29(39-24)30(35)31-20-8-10-23-25(14-20)37-12-11-36-23/h7-10,14-15H,4-6,11-13H2,1-3H3,(H,31,35)(H,33,34)/b32-22+. The zero-order valence-corrected chi connectivity index (χ0v) is 22.1. The van der Waals surface area contributed by atoms with E-state index in [2.05, 4.69) is 15.8 Å². The predicted molar refractivity (Wildman–Crippen MR) is 146 cm³/mol. The number of fused-ring (bicyclic) bond motifs is 3. The molecule has 0 saturated carbocycles. The molecule has 0 spiro atoms. The Morgan fingerprint density at radius 1 is 0.974 bits per heavy atom. The summed E-state index contributed by atoms with van der Waals surface area (Å²) in [5.41, 5.74) is 9.28. The van der Waals surface area contributed by atoms with Crippen LogP contribution in [0.2, 0.25) is 0 Å². The van der Waals surface area contributed by atoms with Gasteiger partial charge in [0.15, 0.2) is 17.3 Å². The van der Waals surface area contributed by atoms with Crippen LogP contribution in [0, 0.1) is 20.8 Å². The summed E-state index contributed by atoms with van der Waals surface area (Å²) in [6, 6.07) is 9.28. The minimum Gasteiger partial charge on any atom is -0.486 e. The highest BCUT2D eigenvalue weighted by Gasteiger charge is 2.28. The molecule has 39 heavy (non-hydrogen) atoms. The van der Waals surface area contributed by atoms with Crippen molar-refractivity contribution in [3.05, 3.63) is 75.9 Å². The van der Waals surface area contributed by atoms with E-state index in [1.54, 1.807) is 24.5 Å². The number of hydrogen-bond donors (Lipinski definition) is 2. The van der Waals surface area contributed by atoms with Crippen molar-refractivity contribution >= 4 is 34.2 Å². The molecule has 2 amide bonds. The maximum atomic E-state index is 13.1. The molecular weight excluding hydrogens is 498 g/mol. The lowest BCUT2D eigenvalue weighted by Gasteiger charge is -2.18. The van der Waals surface area contributed by atoms with Crippen molar-refractivity contribution in [2.45, 2.75) is 46.5 Å². The number of anilines is 1. The van der Waals surface area contributed by atoms with Crippen LogP contribution >= 0.6 is 0 Å². The zero-order valence-electron chi connectivity index (χ0n) is 22.1. The molecule has 9 nitrogen and oxygen atoms in total. The van der Waals surface area contributed by atoms with Gasteiger partial charge >= 0.3 is 0 Å². The first-order valence-electron chi connectivity index (χ1n) is 13.0. The van der Waals surface area contributed by atoms with Gasteiger partial charge in [-0.1, -0.05) is 12.1 Å². The van der Waals surface area contributed by atoms with Gasteiger partial charge < -0.3 is 23.6 Å². The van der Waals surface area contributed by atoms with Gasteiger partial charge in [0.25, 0.3) is 5.91 Å². The van der Waals surface area contributed by atoms with Crippen LogP contribution in [0.4, 0.5) is 5.69 Å². The number of hydrogen-bond acceptors (Lipinski definition) is 7. The van der Waals surface area contributed by atoms with E-state index < -0.39 is 0 Å². The molecule has 0 unspecified atom stereocenters. The highest BCUT2D eigenvalue weighted by molar-refractivity contribution is 6.09. The van der Waals surface area contributed by atoms with Gasteiger partial charge in [-0.3, -0.25) is 9.59 Å². The van der Waals surface area contributed by atoms with Gasteiger partial charge in [0.1, 0.15) is 24.6 Å². The van der Waals surface area contributed by atoms with Gasteiger partial charge in [-0.2, -0.15) is 5.10 Å². The van der Waals surface area contributed by atoms with Gasteiger partial charge in [-0.05, 0) is 56.9 Å². The number of nitrogens with zero attached hydrogens (tertiary/aromatic N) is 1. The third kappa shape index (κ3) is 4.65. The van der Waals surface area contributed by atoms with Crippen molar-refractivity contribution in [1.82, 2.24) is 5.43 Å².